The summed E-state index contributed by atoms with van der Waals surface area (Å²) in [6.07, 6.45) is -4.65. The SMILES string of the molecule is O=C(NCc1ccnc(OC(F)F)c1)N[C@@H]1CC[C@@](O)(C(F)(F)F)C1. The van der Waals surface area contributed by atoms with Crippen molar-refractivity contribution in [2.45, 2.75) is 50.2 Å². The summed E-state index contributed by atoms with van der Waals surface area (Å²) < 4.78 is 66.4. The third-order valence-corrected chi connectivity index (χ3v) is 3.82. The molecule has 1 aliphatic rings. The predicted octanol–water partition coefficient (Wildman–Crippen LogP) is 2.33. The quantitative estimate of drug-likeness (QED) is 0.696. The summed E-state index contributed by atoms with van der Waals surface area (Å²) >= 11 is 0. The molecule has 3 N–H and O–H groups in total. The number of urea groups is 1. The molecule has 6 nitrogen and oxygen atoms in total. The fourth-order valence-electron chi connectivity index (χ4n) is 2.54. The van der Waals surface area contributed by atoms with Crippen molar-refractivity contribution < 1.29 is 36.6 Å². The number of aromatic nitrogens is 1. The van der Waals surface area contributed by atoms with Gasteiger partial charge in [0.1, 0.15) is 0 Å². The van der Waals surface area contributed by atoms with Crippen LogP contribution in [0.5, 0.6) is 5.88 Å². The lowest BCUT2D eigenvalue weighted by Gasteiger charge is -2.25. The second-order valence-electron chi connectivity index (χ2n) is 5.68. The van der Waals surface area contributed by atoms with Gasteiger partial charge in [-0.25, -0.2) is 9.78 Å². The molecule has 140 valence electrons. The number of ether oxygens (including phenoxy) is 1. The number of rotatable bonds is 5. The van der Waals surface area contributed by atoms with E-state index in [1.807, 2.05) is 0 Å². The minimum atomic E-state index is -4.75. The first-order chi connectivity index (χ1) is 11.6. The molecule has 2 amide bonds. The van der Waals surface area contributed by atoms with Gasteiger partial charge in [0.25, 0.3) is 0 Å². The number of hydrogen-bond donors (Lipinski definition) is 3. The number of hydrogen-bond acceptors (Lipinski definition) is 4. The zero-order valence-corrected chi connectivity index (χ0v) is 12.8. The topological polar surface area (TPSA) is 83.5 Å². The van der Waals surface area contributed by atoms with Crippen LogP contribution in [0.2, 0.25) is 0 Å². The molecule has 2 atom stereocenters. The molecular weight excluding hydrogens is 353 g/mol. The molecule has 1 saturated carbocycles. The molecule has 0 aromatic carbocycles. The molecule has 0 aliphatic heterocycles. The highest BCUT2D eigenvalue weighted by Gasteiger charge is 2.57. The van der Waals surface area contributed by atoms with Gasteiger partial charge in [-0.2, -0.15) is 22.0 Å². The van der Waals surface area contributed by atoms with Gasteiger partial charge in [0.05, 0.1) is 0 Å². The summed E-state index contributed by atoms with van der Waals surface area (Å²) in [5.41, 5.74) is -2.38. The molecule has 1 aromatic heterocycles. The number of pyridine rings is 1. The molecule has 1 heterocycles. The highest BCUT2D eigenvalue weighted by atomic mass is 19.4. The molecule has 1 fully saturated rings. The molecule has 0 bridgehead atoms. The van der Waals surface area contributed by atoms with E-state index in [4.69, 9.17) is 0 Å². The van der Waals surface area contributed by atoms with Crippen LogP contribution in [0.1, 0.15) is 24.8 Å². The van der Waals surface area contributed by atoms with Gasteiger partial charge in [-0.3, -0.25) is 0 Å². The van der Waals surface area contributed by atoms with Gasteiger partial charge in [0.2, 0.25) is 5.88 Å². The van der Waals surface area contributed by atoms with Crippen LogP contribution in [0.15, 0.2) is 18.3 Å². The fourth-order valence-corrected chi connectivity index (χ4v) is 2.54. The van der Waals surface area contributed by atoms with Gasteiger partial charge in [-0.15, -0.1) is 0 Å². The Morgan fingerprint density at radius 2 is 2.20 bits per heavy atom. The van der Waals surface area contributed by atoms with Gasteiger partial charge in [-0.05, 0) is 24.5 Å². The van der Waals surface area contributed by atoms with E-state index in [2.05, 4.69) is 20.4 Å². The summed E-state index contributed by atoms with van der Waals surface area (Å²) in [6, 6.07) is 1.10. The van der Waals surface area contributed by atoms with Crippen molar-refractivity contribution in [1.29, 1.82) is 0 Å². The van der Waals surface area contributed by atoms with Crippen molar-refractivity contribution in [3.63, 3.8) is 0 Å². The molecule has 25 heavy (non-hydrogen) atoms. The van der Waals surface area contributed by atoms with Crippen LogP contribution >= 0.6 is 0 Å². The summed E-state index contributed by atoms with van der Waals surface area (Å²) in [7, 11) is 0. The Bertz CT molecular complexity index is 614. The van der Waals surface area contributed by atoms with Crippen LogP contribution in [-0.2, 0) is 6.54 Å². The van der Waals surface area contributed by atoms with Crippen molar-refractivity contribution in [3.05, 3.63) is 23.9 Å². The van der Waals surface area contributed by atoms with E-state index < -0.39 is 43.3 Å². The number of amides is 2. The molecule has 0 saturated heterocycles. The smallest absolute Gasteiger partial charge is 0.417 e. The lowest BCUT2D eigenvalue weighted by molar-refractivity contribution is -0.257. The van der Waals surface area contributed by atoms with Crippen LogP contribution in [0.4, 0.5) is 26.7 Å². The molecule has 11 heteroatoms. The first-order valence-electron chi connectivity index (χ1n) is 7.32. The molecule has 2 rings (SSSR count). The highest BCUT2D eigenvalue weighted by molar-refractivity contribution is 5.74. The van der Waals surface area contributed by atoms with Crippen molar-refractivity contribution in [1.82, 2.24) is 15.6 Å². The maximum Gasteiger partial charge on any atom is 0.417 e. The molecule has 1 aromatic rings. The van der Waals surface area contributed by atoms with E-state index >= 15 is 0 Å². The van der Waals surface area contributed by atoms with Gasteiger partial charge in [0, 0.05) is 31.3 Å². The van der Waals surface area contributed by atoms with E-state index in [1.54, 1.807) is 0 Å². The number of aliphatic hydroxyl groups is 1. The minimum Gasteiger partial charge on any atom is -0.417 e. The first kappa shape index (κ1) is 19.2. The number of alkyl halides is 5. The standard InChI is InChI=1S/C14H16F5N3O3/c15-11(16)25-10-5-8(2-4-20-10)7-21-12(23)22-9-1-3-13(24,6-9)14(17,18)19/h2,4-5,9,11,24H,1,3,6-7H2,(H2,21,22,23)/t9-,13+/m1/s1. The van der Waals surface area contributed by atoms with Crippen molar-refractivity contribution >= 4 is 6.03 Å². The summed E-state index contributed by atoms with van der Waals surface area (Å²) in [5.74, 6) is -0.319. The van der Waals surface area contributed by atoms with E-state index in [0.29, 0.717) is 5.56 Å². The third-order valence-electron chi connectivity index (χ3n) is 3.82. The van der Waals surface area contributed by atoms with Crippen molar-refractivity contribution in [2.24, 2.45) is 0 Å². The summed E-state index contributed by atoms with van der Waals surface area (Å²) in [5, 5.41) is 14.3. The van der Waals surface area contributed by atoms with Gasteiger partial charge in [0.15, 0.2) is 5.60 Å². The normalized spacial score (nSPS) is 23.6. The van der Waals surface area contributed by atoms with E-state index in [-0.39, 0.29) is 18.8 Å². The van der Waals surface area contributed by atoms with E-state index in [0.717, 1.165) is 0 Å². The number of carbonyl (C=O) groups excluding carboxylic acids is 1. The highest BCUT2D eigenvalue weighted by Crippen LogP contribution is 2.42. The minimum absolute atomic E-state index is 0.00887. The number of nitrogens with one attached hydrogen (secondary N) is 2. The largest absolute Gasteiger partial charge is 0.417 e. The van der Waals surface area contributed by atoms with Crippen LogP contribution in [-0.4, -0.2) is 40.6 Å². The van der Waals surface area contributed by atoms with Gasteiger partial charge < -0.3 is 20.5 Å². The number of halogens is 5. The Balaban J connectivity index is 1.82. The van der Waals surface area contributed by atoms with Crippen LogP contribution in [0.3, 0.4) is 0 Å². The Morgan fingerprint density at radius 3 is 2.80 bits per heavy atom. The second-order valence-corrected chi connectivity index (χ2v) is 5.68. The third kappa shape index (κ3) is 5.15. The zero-order chi connectivity index (χ0) is 18.7. The summed E-state index contributed by atoms with van der Waals surface area (Å²) in [6.45, 7) is -3.10. The van der Waals surface area contributed by atoms with Crippen LogP contribution < -0.4 is 15.4 Å². The Morgan fingerprint density at radius 1 is 1.48 bits per heavy atom. The maximum absolute atomic E-state index is 12.7. The Hall–Kier alpha value is -2.17. The van der Waals surface area contributed by atoms with Crippen LogP contribution in [0, 0.1) is 0 Å². The molecule has 1 aliphatic carbocycles. The van der Waals surface area contributed by atoms with E-state index in [1.165, 1.54) is 18.3 Å². The summed E-state index contributed by atoms with van der Waals surface area (Å²) in [4.78, 5) is 15.3. The second kappa shape index (κ2) is 7.38. The maximum atomic E-state index is 12.7. The van der Waals surface area contributed by atoms with Gasteiger partial charge in [-0.1, -0.05) is 0 Å². The van der Waals surface area contributed by atoms with Crippen molar-refractivity contribution in [2.75, 3.05) is 0 Å². The Labute approximate surface area is 139 Å². The van der Waals surface area contributed by atoms with Crippen LogP contribution in [0.25, 0.3) is 0 Å². The molecular formula is C14H16F5N3O3. The fraction of sp³-hybridized carbons (Fsp3) is 0.571. The zero-order valence-electron chi connectivity index (χ0n) is 12.8. The lowest BCUT2D eigenvalue weighted by Crippen LogP contribution is -2.46. The van der Waals surface area contributed by atoms with Gasteiger partial charge >= 0.3 is 18.8 Å². The molecule has 0 radical (unpaired) electrons. The van der Waals surface area contributed by atoms with E-state index in [9.17, 15) is 31.9 Å². The average molecular weight is 369 g/mol. The van der Waals surface area contributed by atoms with Crippen molar-refractivity contribution in [3.8, 4) is 5.88 Å². The monoisotopic (exact) mass is 369 g/mol. The first-order valence-corrected chi connectivity index (χ1v) is 7.32. The lowest BCUT2D eigenvalue weighted by atomic mass is 10.0. The molecule has 0 spiro atoms. The predicted molar refractivity (Wildman–Crippen MR) is 74.9 cm³/mol. The Kier molecular flexibility index (Phi) is 5.65. The average Bonchev–Trinajstić information content (AvgIpc) is 2.87. The molecule has 0 unspecified atom stereocenters. The number of carbonyl (C=O) groups is 1. The number of nitrogens with zero attached hydrogens (tertiary/aromatic N) is 1.